The van der Waals surface area contributed by atoms with E-state index in [0.29, 0.717) is 11.8 Å². The predicted molar refractivity (Wildman–Crippen MR) is 56.4 cm³/mol. The fraction of sp³-hybridized carbons (Fsp3) is 0.125. The average Bonchev–Trinajstić information content (AvgIpc) is 2.65. The molecule has 0 aliphatic rings. The van der Waals surface area contributed by atoms with Crippen LogP contribution in [0.4, 0.5) is 0 Å². The van der Waals surface area contributed by atoms with Crippen molar-refractivity contribution >= 4 is 27.5 Å². The molecule has 0 N–H and O–H groups in total. The predicted octanol–water partition coefficient (Wildman–Crippen LogP) is 2.16. The van der Waals surface area contributed by atoms with Gasteiger partial charge >= 0.3 is 0 Å². The molecule has 0 fully saturated rings. The van der Waals surface area contributed by atoms with Gasteiger partial charge in [-0.05, 0) is 15.9 Å². The summed E-state index contributed by atoms with van der Waals surface area (Å²) < 4.78 is 2.48. The second-order valence-electron chi connectivity index (χ2n) is 2.63. The highest BCUT2D eigenvalue weighted by Gasteiger charge is 2.01. The van der Waals surface area contributed by atoms with Gasteiger partial charge in [0.25, 0.3) is 0 Å². The van der Waals surface area contributed by atoms with Gasteiger partial charge in [0.15, 0.2) is 0 Å². The first-order chi connectivity index (χ1) is 6.79. The number of rotatable bonds is 2. The zero-order valence-electron chi connectivity index (χ0n) is 7.06. The summed E-state index contributed by atoms with van der Waals surface area (Å²) in [5, 5.41) is 4.05. The summed E-state index contributed by atoms with van der Waals surface area (Å²) in [7, 11) is 0. The van der Waals surface area contributed by atoms with Crippen LogP contribution in [0.5, 0.6) is 0 Å². The molecule has 2 rings (SSSR count). The van der Waals surface area contributed by atoms with Crippen molar-refractivity contribution in [3.8, 4) is 5.95 Å². The summed E-state index contributed by atoms with van der Waals surface area (Å²) in [6, 6.07) is 0. The van der Waals surface area contributed by atoms with Crippen molar-refractivity contribution in [3.05, 3.63) is 34.8 Å². The molecule has 0 atom stereocenters. The van der Waals surface area contributed by atoms with Gasteiger partial charge in [-0.2, -0.15) is 5.10 Å². The Morgan fingerprint density at radius 1 is 1.29 bits per heavy atom. The van der Waals surface area contributed by atoms with Crippen LogP contribution in [0.1, 0.15) is 5.56 Å². The molecule has 0 amide bonds. The first kappa shape index (κ1) is 9.61. The quantitative estimate of drug-likeness (QED) is 0.788. The minimum atomic E-state index is 0.420. The molecule has 2 heterocycles. The van der Waals surface area contributed by atoms with Gasteiger partial charge in [0.1, 0.15) is 0 Å². The summed E-state index contributed by atoms with van der Waals surface area (Å²) >= 11 is 8.92. The maximum absolute atomic E-state index is 5.62. The van der Waals surface area contributed by atoms with Gasteiger partial charge < -0.3 is 0 Å². The van der Waals surface area contributed by atoms with Gasteiger partial charge in [-0.15, -0.1) is 11.6 Å². The lowest BCUT2D eigenvalue weighted by molar-refractivity contribution is 0.804. The highest BCUT2D eigenvalue weighted by molar-refractivity contribution is 9.10. The Hall–Kier alpha value is -0.940. The van der Waals surface area contributed by atoms with Gasteiger partial charge in [0.2, 0.25) is 5.95 Å². The number of aromatic nitrogens is 4. The van der Waals surface area contributed by atoms with Crippen molar-refractivity contribution in [2.45, 2.75) is 5.88 Å². The van der Waals surface area contributed by atoms with Gasteiger partial charge in [-0.25, -0.2) is 14.6 Å². The summed E-state index contributed by atoms with van der Waals surface area (Å²) in [4.78, 5) is 8.23. The van der Waals surface area contributed by atoms with Crippen LogP contribution in [0.25, 0.3) is 5.95 Å². The number of hydrogen-bond donors (Lipinski definition) is 0. The molecule has 0 radical (unpaired) electrons. The lowest BCUT2D eigenvalue weighted by atomic mass is 10.4. The van der Waals surface area contributed by atoms with Crippen LogP contribution in [0.2, 0.25) is 0 Å². The zero-order chi connectivity index (χ0) is 9.97. The molecule has 6 heteroatoms. The molecule has 0 saturated heterocycles. The fourth-order valence-corrected chi connectivity index (χ4v) is 1.37. The Kier molecular flexibility index (Phi) is 2.79. The Balaban J connectivity index is 2.33. The molecule has 0 aliphatic carbocycles. The maximum atomic E-state index is 5.62. The third-order valence-electron chi connectivity index (χ3n) is 1.60. The van der Waals surface area contributed by atoms with Crippen LogP contribution >= 0.6 is 27.5 Å². The van der Waals surface area contributed by atoms with E-state index in [0.717, 1.165) is 10.0 Å². The Morgan fingerprint density at radius 3 is 2.50 bits per heavy atom. The second kappa shape index (κ2) is 4.06. The minimum Gasteiger partial charge on any atom is -0.219 e. The van der Waals surface area contributed by atoms with E-state index in [1.165, 1.54) is 0 Å². The molecular weight excluding hydrogens is 267 g/mol. The van der Waals surface area contributed by atoms with E-state index in [9.17, 15) is 0 Å². The van der Waals surface area contributed by atoms with Gasteiger partial charge in [0.05, 0.1) is 16.5 Å². The average molecular weight is 274 g/mol. The molecular formula is C8H6BrClN4. The first-order valence-electron chi connectivity index (χ1n) is 3.87. The zero-order valence-corrected chi connectivity index (χ0v) is 9.40. The van der Waals surface area contributed by atoms with Crippen LogP contribution in [-0.2, 0) is 5.88 Å². The van der Waals surface area contributed by atoms with Crippen LogP contribution < -0.4 is 0 Å². The topological polar surface area (TPSA) is 43.6 Å². The van der Waals surface area contributed by atoms with Gasteiger partial charge in [-0.1, -0.05) is 0 Å². The molecule has 0 bridgehead atoms. The molecule has 0 saturated carbocycles. The second-order valence-corrected chi connectivity index (χ2v) is 3.81. The molecule has 2 aromatic rings. The van der Waals surface area contributed by atoms with Gasteiger partial charge in [-0.3, -0.25) is 0 Å². The van der Waals surface area contributed by atoms with Crippen molar-refractivity contribution in [2.24, 2.45) is 0 Å². The SMILES string of the molecule is ClCc1cnc(-n2cc(Br)cn2)nc1. The van der Waals surface area contributed by atoms with Crippen molar-refractivity contribution in [3.63, 3.8) is 0 Å². The molecule has 72 valence electrons. The summed E-state index contributed by atoms with van der Waals surface area (Å²) in [6.45, 7) is 0. The first-order valence-corrected chi connectivity index (χ1v) is 5.20. The van der Waals surface area contributed by atoms with E-state index in [1.807, 2.05) is 0 Å². The van der Waals surface area contributed by atoms with Crippen LogP contribution in [-0.4, -0.2) is 19.7 Å². The standard InChI is InChI=1S/C8H6BrClN4/c9-7-4-13-14(5-7)8-11-2-6(1-10)3-12-8/h2-5H,1H2. The van der Waals surface area contributed by atoms with Crippen molar-refractivity contribution in [1.29, 1.82) is 0 Å². The molecule has 0 aromatic carbocycles. The van der Waals surface area contributed by atoms with Gasteiger partial charge in [0, 0.05) is 24.2 Å². The lowest BCUT2D eigenvalue weighted by Crippen LogP contribution is -2.01. The molecule has 0 unspecified atom stereocenters. The van der Waals surface area contributed by atoms with Crippen molar-refractivity contribution < 1.29 is 0 Å². The van der Waals surface area contributed by atoms with E-state index in [2.05, 4.69) is 31.0 Å². The summed E-state index contributed by atoms with van der Waals surface area (Å²) in [6.07, 6.45) is 6.84. The Morgan fingerprint density at radius 2 is 2.00 bits per heavy atom. The normalized spacial score (nSPS) is 10.4. The number of alkyl halides is 1. The number of nitrogens with zero attached hydrogens (tertiary/aromatic N) is 4. The minimum absolute atomic E-state index is 0.420. The van der Waals surface area contributed by atoms with E-state index >= 15 is 0 Å². The van der Waals surface area contributed by atoms with Crippen molar-refractivity contribution in [1.82, 2.24) is 19.7 Å². The van der Waals surface area contributed by atoms with Crippen LogP contribution in [0.3, 0.4) is 0 Å². The maximum Gasteiger partial charge on any atom is 0.250 e. The van der Waals surface area contributed by atoms with Crippen molar-refractivity contribution in [2.75, 3.05) is 0 Å². The third-order valence-corrected chi connectivity index (χ3v) is 2.32. The van der Waals surface area contributed by atoms with E-state index < -0.39 is 0 Å². The largest absolute Gasteiger partial charge is 0.250 e. The lowest BCUT2D eigenvalue weighted by Gasteiger charge is -1.98. The van der Waals surface area contributed by atoms with E-state index in [1.54, 1.807) is 29.5 Å². The monoisotopic (exact) mass is 272 g/mol. The summed E-state index contributed by atoms with van der Waals surface area (Å²) in [5.41, 5.74) is 0.890. The fourth-order valence-electron chi connectivity index (χ4n) is 0.945. The van der Waals surface area contributed by atoms with Crippen LogP contribution in [0, 0.1) is 0 Å². The molecule has 0 aliphatic heterocycles. The number of hydrogen-bond acceptors (Lipinski definition) is 3. The van der Waals surface area contributed by atoms with Crippen LogP contribution in [0.15, 0.2) is 29.3 Å². The Labute approximate surface area is 94.1 Å². The highest BCUT2D eigenvalue weighted by Crippen LogP contribution is 2.09. The molecule has 4 nitrogen and oxygen atoms in total. The number of halogens is 2. The summed E-state index contributed by atoms with van der Waals surface area (Å²) in [5.74, 6) is 0.952. The molecule has 2 aromatic heterocycles. The van der Waals surface area contributed by atoms with E-state index in [-0.39, 0.29) is 0 Å². The van der Waals surface area contributed by atoms with E-state index in [4.69, 9.17) is 11.6 Å². The molecule has 0 spiro atoms. The third kappa shape index (κ3) is 1.93. The molecule has 14 heavy (non-hydrogen) atoms. The Bertz CT molecular complexity index is 425. The highest BCUT2D eigenvalue weighted by atomic mass is 79.9. The smallest absolute Gasteiger partial charge is 0.219 e.